The van der Waals surface area contributed by atoms with E-state index >= 15 is 0 Å². The zero-order valence-corrected chi connectivity index (χ0v) is 11.0. The highest BCUT2D eigenvalue weighted by Gasteiger charge is 2.21. The van der Waals surface area contributed by atoms with Crippen molar-refractivity contribution >= 4 is 11.9 Å². The maximum absolute atomic E-state index is 11.9. The van der Waals surface area contributed by atoms with Crippen LogP contribution in [0.1, 0.15) is 16.1 Å². The maximum atomic E-state index is 11.9. The van der Waals surface area contributed by atoms with Crippen LogP contribution in [0.15, 0.2) is 42.9 Å². The van der Waals surface area contributed by atoms with Crippen molar-refractivity contribution < 1.29 is 14.7 Å². The predicted molar refractivity (Wildman–Crippen MR) is 72.2 cm³/mol. The van der Waals surface area contributed by atoms with E-state index in [1.54, 1.807) is 11.6 Å². The topological polar surface area (TPSA) is 84.2 Å². The summed E-state index contributed by atoms with van der Waals surface area (Å²) in [6, 6.07) is 8.17. The number of nitrogens with zero attached hydrogens (tertiary/aromatic N) is 2. The fraction of sp³-hybridized carbons (Fsp3) is 0.214. The van der Waals surface area contributed by atoms with Gasteiger partial charge in [-0.25, -0.2) is 9.78 Å². The van der Waals surface area contributed by atoms with E-state index < -0.39 is 17.9 Å². The number of hydrogen-bond acceptors (Lipinski definition) is 3. The highest BCUT2D eigenvalue weighted by atomic mass is 16.4. The summed E-state index contributed by atoms with van der Waals surface area (Å²) in [6.45, 7) is 0. The van der Waals surface area contributed by atoms with Crippen molar-refractivity contribution in [3.63, 3.8) is 0 Å². The van der Waals surface area contributed by atoms with E-state index in [1.807, 2.05) is 30.3 Å². The number of nitrogens with one attached hydrogen (secondary N) is 1. The Morgan fingerprint density at radius 1 is 1.35 bits per heavy atom. The molecule has 0 aliphatic heterocycles. The summed E-state index contributed by atoms with van der Waals surface area (Å²) in [5.41, 5.74) is 1.05. The van der Waals surface area contributed by atoms with E-state index in [-0.39, 0.29) is 12.1 Å². The minimum atomic E-state index is -1.07. The molecule has 2 rings (SSSR count). The van der Waals surface area contributed by atoms with Crippen LogP contribution in [-0.2, 0) is 18.3 Å². The van der Waals surface area contributed by atoms with Gasteiger partial charge in [0.25, 0.3) is 5.91 Å². The fourth-order valence-electron chi connectivity index (χ4n) is 1.81. The van der Waals surface area contributed by atoms with E-state index in [0.717, 1.165) is 5.56 Å². The van der Waals surface area contributed by atoms with Crippen LogP contribution in [0, 0.1) is 0 Å². The molecule has 2 N–H and O–H groups in total. The number of carboxylic acid groups (broad SMARTS) is 1. The first-order valence-corrected chi connectivity index (χ1v) is 6.12. The van der Waals surface area contributed by atoms with Crippen LogP contribution in [0.5, 0.6) is 0 Å². The number of aliphatic carboxylic acids is 1. The molecule has 0 fully saturated rings. The fourth-order valence-corrected chi connectivity index (χ4v) is 1.81. The van der Waals surface area contributed by atoms with Gasteiger partial charge in [0.1, 0.15) is 11.7 Å². The van der Waals surface area contributed by atoms with Gasteiger partial charge < -0.3 is 15.0 Å². The van der Waals surface area contributed by atoms with E-state index in [9.17, 15) is 14.7 Å². The number of amides is 1. The number of hydrogen-bond donors (Lipinski definition) is 2. The molecule has 104 valence electrons. The first-order valence-electron chi connectivity index (χ1n) is 6.12. The van der Waals surface area contributed by atoms with Gasteiger partial charge in [-0.1, -0.05) is 30.3 Å². The first kappa shape index (κ1) is 13.8. The third-order valence-electron chi connectivity index (χ3n) is 2.82. The van der Waals surface area contributed by atoms with E-state index in [1.165, 1.54) is 12.5 Å². The van der Waals surface area contributed by atoms with Gasteiger partial charge in [-0.2, -0.15) is 0 Å². The second-order valence-corrected chi connectivity index (χ2v) is 4.48. The molecule has 1 aromatic carbocycles. The van der Waals surface area contributed by atoms with Crippen molar-refractivity contribution in [1.29, 1.82) is 0 Å². The Bertz CT molecular complexity index is 607. The van der Waals surface area contributed by atoms with Gasteiger partial charge in [0.15, 0.2) is 0 Å². The summed E-state index contributed by atoms with van der Waals surface area (Å²) in [6.07, 6.45) is 3.26. The second kappa shape index (κ2) is 6.01. The number of aromatic nitrogens is 2. The number of aryl methyl sites for hydroxylation is 1. The van der Waals surface area contributed by atoms with E-state index in [0.29, 0.717) is 0 Å². The maximum Gasteiger partial charge on any atom is 0.326 e. The SMILES string of the molecule is Cn1cnc(C(=O)NC(Cc2ccccc2)C(=O)O)c1. The summed E-state index contributed by atoms with van der Waals surface area (Å²) < 4.78 is 1.63. The Morgan fingerprint density at radius 3 is 2.60 bits per heavy atom. The molecule has 1 unspecified atom stereocenters. The largest absolute Gasteiger partial charge is 0.480 e. The van der Waals surface area contributed by atoms with Crippen molar-refractivity contribution in [3.05, 3.63) is 54.1 Å². The van der Waals surface area contributed by atoms with Crippen LogP contribution in [0.3, 0.4) is 0 Å². The lowest BCUT2D eigenvalue weighted by Gasteiger charge is -2.13. The zero-order chi connectivity index (χ0) is 14.5. The van der Waals surface area contributed by atoms with Crippen LogP contribution in [0.25, 0.3) is 0 Å². The molecule has 0 radical (unpaired) electrons. The molecule has 0 saturated carbocycles. The van der Waals surface area contributed by atoms with E-state index in [4.69, 9.17) is 0 Å². The lowest BCUT2D eigenvalue weighted by Crippen LogP contribution is -2.42. The van der Waals surface area contributed by atoms with Crippen LogP contribution < -0.4 is 5.32 Å². The Kier molecular flexibility index (Phi) is 4.14. The quantitative estimate of drug-likeness (QED) is 0.845. The van der Waals surface area contributed by atoms with Crippen LogP contribution in [-0.4, -0.2) is 32.6 Å². The standard InChI is InChI=1S/C14H15N3O3/c1-17-8-12(15-9-17)13(18)16-11(14(19)20)7-10-5-3-2-4-6-10/h2-6,8-9,11H,7H2,1H3,(H,16,18)(H,19,20). The van der Waals surface area contributed by atoms with Gasteiger partial charge in [0.2, 0.25) is 0 Å². The van der Waals surface area contributed by atoms with Gasteiger partial charge in [-0.05, 0) is 5.56 Å². The van der Waals surface area contributed by atoms with Crippen LogP contribution in [0.4, 0.5) is 0 Å². The normalized spacial score (nSPS) is 11.8. The van der Waals surface area contributed by atoms with Crippen LogP contribution >= 0.6 is 0 Å². The smallest absolute Gasteiger partial charge is 0.326 e. The van der Waals surface area contributed by atoms with Crippen molar-refractivity contribution in [2.24, 2.45) is 7.05 Å². The molecule has 1 amide bonds. The Morgan fingerprint density at radius 2 is 2.05 bits per heavy atom. The minimum Gasteiger partial charge on any atom is -0.480 e. The average Bonchev–Trinajstić information content (AvgIpc) is 2.86. The summed E-state index contributed by atoms with van der Waals surface area (Å²) in [5, 5.41) is 11.7. The lowest BCUT2D eigenvalue weighted by molar-refractivity contribution is -0.139. The number of carboxylic acids is 1. The molecule has 0 bridgehead atoms. The number of rotatable bonds is 5. The average molecular weight is 273 g/mol. The zero-order valence-electron chi connectivity index (χ0n) is 11.0. The molecule has 6 nitrogen and oxygen atoms in total. The Labute approximate surface area is 116 Å². The number of benzene rings is 1. The molecule has 0 aliphatic carbocycles. The molecular weight excluding hydrogens is 258 g/mol. The molecule has 6 heteroatoms. The number of imidazole rings is 1. The van der Waals surface area contributed by atoms with Gasteiger partial charge in [-0.15, -0.1) is 0 Å². The van der Waals surface area contributed by atoms with Gasteiger partial charge in [-0.3, -0.25) is 4.79 Å². The molecule has 1 aromatic heterocycles. The molecule has 0 aliphatic rings. The van der Waals surface area contributed by atoms with Crippen molar-refractivity contribution in [2.45, 2.75) is 12.5 Å². The Balaban J connectivity index is 2.06. The molecule has 20 heavy (non-hydrogen) atoms. The highest BCUT2D eigenvalue weighted by molar-refractivity contribution is 5.94. The highest BCUT2D eigenvalue weighted by Crippen LogP contribution is 2.04. The third-order valence-corrected chi connectivity index (χ3v) is 2.82. The molecule has 1 atom stereocenters. The molecule has 2 aromatic rings. The van der Waals surface area contributed by atoms with Gasteiger partial charge >= 0.3 is 5.97 Å². The summed E-state index contributed by atoms with van der Waals surface area (Å²) in [5.74, 6) is -1.56. The van der Waals surface area contributed by atoms with Gasteiger partial charge in [0, 0.05) is 19.7 Å². The van der Waals surface area contributed by atoms with Gasteiger partial charge in [0.05, 0.1) is 6.33 Å². The van der Waals surface area contributed by atoms with Crippen LogP contribution in [0.2, 0.25) is 0 Å². The predicted octanol–water partition coefficient (Wildman–Crippen LogP) is 0.846. The third kappa shape index (κ3) is 3.44. The summed E-state index contributed by atoms with van der Waals surface area (Å²) >= 11 is 0. The number of carbonyl (C=O) groups is 2. The molecule has 0 saturated heterocycles. The van der Waals surface area contributed by atoms with Crippen molar-refractivity contribution in [1.82, 2.24) is 14.9 Å². The monoisotopic (exact) mass is 273 g/mol. The van der Waals surface area contributed by atoms with Crippen molar-refractivity contribution in [2.75, 3.05) is 0 Å². The number of carbonyl (C=O) groups excluding carboxylic acids is 1. The first-order chi connectivity index (χ1) is 9.56. The Hall–Kier alpha value is -2.63. The molecule has 1 heterocycles. The second-order valence-electron chi connectivity index (χ2n) is 4.48. The molecule has 0 spiro atoms. The summed E-state index contributed by atoms with van der Waals surface area (Å²) in [4.78, 5) is 27.0. The summed E-state index contributed by atoms with van der Waals surface area (Å²) in [7, 11) is 1.74. The van der Waals surface area contributed by atoms with E-state index in [2.05, 4.69) is 10.3 Å². The van der Waals surface area contributed by atoms with Crippen molar-refractivity contribution in [3.8, 4) is 0 Å². The minimum absolute atomic E-state index is 0.201. The molecular formula is C14H15N3O3. The lowest BCUT2D eigenvalue weighted by atomic mass is 10.1.